The summed E-state index contributed by atoms with van der Waals surface area (Å²) in [6, 6.07) is 0. The fraction of sp³-hybridized carbons (Fsp3) is 0.619. The number of rotatable bonds is 4. The summed E-state index contributed by atoms with van der Waals surface area (Å²) in [6.45, 7) is 16.4. The van der Waals surface area contributed by atoms with Crippen molar-refractivity contribution in [2.75, 3.05) is 0 Å². The van der Waals surface area contributed by atoms with Crippen LogP contribution in [-0.4, -0.2) is 0 Å². The molecule has 0 N–H and O–H groups in total. The van der Waals surface area contributed by atoms with Gasteiger partial charge in [-0.25, -0.2) is 0 Å². The summed E-state index contributed by atoms with van der Waals surface area (Å²) >= 11 is 0. The van der Waals surface area contributed by atoms with Gasteiger partial charge < -0.3 is 0 Å². The van der Waals surface area contributed by atoms with E-state index >= 15 is 0 Å². The molecule has 0 bridgehead atoms. The largest absolute Gasteiger partial charge is 0.0613 e. The summed E-state index contributed by atoms with van der Waals surface area (Å²) in [5.41, 5.74) is 11.7. The van der Waals surface area contributed by atoms with E-state index in [1.807, 2.05) is 0 Å². The zero-order chi connectivity index (χ0) is 15.8. The van der Waals surface area contributed by atoms with Crippen molar-refractivity contribution in [2.45, 2.75) is 80.6 Å². The van der Waals surface area contributed by atoms with E-state index in [4.69, 9.17) is 0 Å². The molecule has 0 aromatic heterocycles. The molecule has 0 unspecified atom stereocenters. The van der Waals surface area contributed by atoms with Gasteiger partial charge in [-0.15, -0.1) is 0 Å². The fourth-order valence-corrected chi connectivity index (χ4v) is 4.01. The molecule has 0 atom stereocenters. The predicted molar refractivity (Wildman–Crippen MR) is 95.1 cm³/mol. The first-order chi connectivity index (χ1) is 9.88. The van der Waals surface area contributed by atoms with Crippen molar-refractivity contribution < 1.29 is 0 Å². The smallest absolute Gasteiger partial charge is 0.00496 e. The second-order valence-electron chi connectivity index (χ2n) is 7.32. The first-order valence-electron chi connectivity index (χ1n) is 8.78. The van der Waals surface area contributed by atoms with Crippen LogP contribution in [0.15, 0.2) is 5.57 Å². The van der Waals surface area contributed by atoms with Crippen LogP contribution in [0, 0.1) is 5.41 Å². The van der Waals surface area contributed by atoms with E-state index in [0.717, 1.165) is 6.42 Å². The van der Waals surface area contributed by atoms with Crippen molar-refractivity contribution in [3.63, 3.8) is 0 Å². The maximum Gasteiger partial charge on any atom is -0.00496 e. The summed E-state index contributed by atoms with van der Waals surface area (Å²) in [6.07, 6.45) is 8.38. The Labute approximate surface area is 131 Å². The van der Waals surface area contributed by atoms with Gasteiger partial charge in [-0.05, 0) is 70.9 Å². The average molecular weight is 284 g/mol. The van der Waals surface area contributed by atoms with Crippen molar-refractivity contribution in [1.29, 1.82) is 0 Å². The third-order valence-electron chi connectivity index (χ3n) is 5.17. The van der Waals surface area contributed by atoms with Gasteiger partial charge in [0.15, 0.2) is 0 Å². The van der Waals surface area contributed by atoms with Gasteiger partial charge in [-0.2, -0.15) is 0 Å². The zero-order valence-corrected chi connectivity index (χ0v) is 15.1. The SMILES string of the molecule is CCc1c2c(c(CC)c(CC)c1CC)CC(C(C)(C)C)=C2. The molecule has 1 aromatic rings. The lowest BCUT2D eigenvalue weighted by Gasteiger charge is -2.22. The molecular weight excluding hydrogens is 252 g/mol. The monoisotopic (exact) mass is 284 g/mol. The van der Waals surface area contributed by atoms with Crippen molar-refractivity contribution in [1.82, 2.24) is 0 Å². The summed E-state index contributed by atoms with van der Waals surface area (Å²) in [7, 11) is 0. The Morgan fingerprint density at radius 3 is 1.67 bits per heavy atom. The summed E-state index contributed by atoms with van der Waals surface area (Å²) < 4.78 is 0. The Kier molecular flexibility index (Phi) is 4.66. The molecule has 0 amide bonds. The van der Waals surface area contributed by atoms with Crippen LogP contribution in [0.3, 0.4) is 0 Å². The standard InChI is InChI=1S/C21H32/c1-8-15-16(9-2)18(11-4)20-13-14(21(5,6)7)12-19(20)17(15)10-3/h12H,8-11,13H2,1-7H3. The molecule has 0 aliphatic heterocycles. The Morgan fingerprint density at radius 1 is 0.762 bits per heavy atom. The van der Waals surface area contributed by atoms with Gasteiger partial charge in [0.05, 0.1) is 0 Å². The van der Waals surface area contributed by atoms with E-state index in [0.29, 0.717) is 0 Å². The summed E-state index contributed by atoms with van der Waals surface area (Å²) in [4.78, 5) is 0. The Hall–Kier alpha value is -1.04. The third kappa shape index (κ3) is 2.70. The molecule has 0 saturated carbocycles. The highest BCUT2D eigenvalue weighted by atomic mass is 14.3. The maximum atomic E-state index is 2.52. The molecular formula is C21H32. The lowest BCUT2D eigenvalue weighted by molar-refractivity contribution is 0.498. The molecule has 0 saturated heterocycles. The lowest BCUT2D eigenvalue weighted by atomic mass is 9.82. The fourth-order valence-electron chi connectivity index (χ4n) is 4.01. The van der Waals surface area contributed by atoms with Gasteiger partial charge in [0.25, 0.3) is 0 Å². The van der Waals surface area contributed by atoms with Crippen LogP contribution in [0.25, 0.3) is 6.08 Å². The van der Waals surface area contributed by atoms with E-state index in [-0.39, 0.29) is 5.41 Å². The minimum absolute atomic E-state index is 0.286. The van der Waals surface area contributed by atoms with Gasteiger partial charge in [-0.1, -0.05) is 60.1 Å². The van der Waals surface area contributed by atoms with Crippen molar-refractivity contribution in [2.24, 2.45) is 5.41 Å². The number of hydrogen-bond donors (Lipinski definition) is 0. The number of benzene rings is 1. The molecule has 21 heavy (non-hydrogen) atoms. The third-order valence-corrected chi connectivity index (χ3v) is 5.17. The highest BCUT2D eigenvalue weighted by Gasteiger charge is 2.28. The average Bonchev–Trinajstić information content (AvgIpc) is 2.88. The van der Waals surface area contributed by atoms with Crippen LogP contribution >= 0.6 is 0 Å². The zero-order valence-electron chi connectivity index (χ0n) is 15.1. The highest BCUT2D eigenvalue weighted by molar-refractivity contribution is 5.72. The quantitative estimate of drug-likeness (QED) is 0.643. The second kappa shape index (κ2) is 5.99. The van der Waals surface area contributed by atoms with E-state index < -0.39 is 0 Å². The van der Waals surface area contributed by atoms with Crippen LogP contribution in [0.5, 0.6) is 0 Å². The molecule has 1 aromatic carbocycles. The molecule has 1 aliphatic carbocycles. The summed E-state index contributed by atoms with van der Waals surface area (Å²) in [5, 5.41) is 0. The summed E-state index contributed by atoms with van der Waals surface area (Å²) in [5.74, 6) is 0. The molecule has 0 fully saturated rings. The first-order valence-corrected chi connectivity index (χ1v) is 8.78. The first kappa shape index (κ1) is 16.3. The Bertz CT molecular complexity index is 565. The van der Waals surface area contributed by atoms with E-state index in [1.165, 1.54) is 25.7 Å². The van der Waals surface area contributed by atoms with Crippen LogP contribution in [0.1, 0.15) is 81.8 Å². The van der Waals surface area contributed by atoms with Crippen LogP contribution in [0.2, 0.25) is 0 Å². The molecule has 2 rings (SSSR count). The van der Waals surface area contributed by atoms with Gasteiger partial charge in [0.2, 0.25) is 0 Å². The minimum Gasteiger partial charge on any atom is -0.0613 e. The number of fused-ring (bicyclic) bond motifs is 1. The van der Waals surface area contributed by atoms with Gasteiger partial charge in [0, 0.05) is 0 Å². The molecule has 0 heteroatoms. The predicted octanol–water partition coefficient (Wildman–Crippen LogP) is 5.92. The minimum atomic E-state index is 0.286. The van der Waals surface area contributed by atoms with Crippen LogP contribution < -0.4 is 0 Å². The number of hydrogen-bond acceptors (Lipinski definition) is 0. The molecule has 1 aliphatic rings. The Balaban J connectivity index is 2.74. The number of allylic oxidation sites excluding steroid dienone is 1. The van der Waals surface area contributed by atoms with Crippen molar-refractivity contribution in [3.05, 3.63) is 39.0 Å². The molecule has 0 nitrogen and oxygen atoms in total. The van der Waals surface area contributed by atoms with Crippen molar-refractivity contribution >= 4 is 6.08 Å². The van der Waals surface area contributed by atoms with E-state index in [9.17, 15) is 0 Å². The van der Waals surface area contributed by atoms with Gasteiger partial charge in [-0.3, -0.25) is 0 Å². The normalized spacial score (nSPS) is 14.3. The molecule has 0 heterocycles. The second-order valence-corrected chi connectivity index (χ2v) is 7.32. The topological polar surface area (TPSA) is 0 Å². The maximum absolute atomic E-state index is 2.52. The van der Waals surface area contributed by atoms with E-state index in [2.05, 4.69) is 54.5 Å². The molecule has 0 radical (unpaired) electrons. The van der Waals surface area contributed by atoms with Crippen LogP contribution in [0.4, 0.5) is 0 Å². The molecule has 0 spiro atoms. The lowest BCUT2D eigenvalue weighted by Crippen LogP contribution is -2.11. The highest BCUT2D eigenvalue weighted by Crippen LogP contribution is 2.42. The van der Waals surface area contributed by atoms with E-state index in [1.54, 1.807) is 39.0 Å². The van der Waals surface area contributed by atoms with Crippen LogP contribution in [-0.2, 0) is 32.1 Å². The molecule has 116 valence electrons. The van der Waals surface area contributed by atoms with Gasteiger partial charge in [0.1, 0.15) is 0 Å². The van der Waals surface area contributed by atoms with Gasteiger partial charge >= 0.3 is 0 Å². The Morgan fingerprint density at radius 2 is 1.24 bits per heavy atom. The van der Waals surface area contributed by atoms with Crippen molar-refractivity contribution in [3.8, 4) is 0 Å².